The Kier molecular flexibility index (Phi) is 3.44. The molecule has 0 N–H and O–H groups in total. The zero-order valence-electron chi connectivity index (χ0n) is 10.4. The fourth-order valence-corrected chi connectivity index (χ4v) is 2.93. The van der Waals surface area contributed by atoms with Gasteiger partial charge in [-0.1, -0.05) is 41.6 Å². The van der Waals surface area contributed by atoms with E-state index in [1.165, 1.54) is 0 Å². The molecule has 0 amide bonds. The molecule has 1 aromatic carbocycles. The number of hydrogen-bond acceptors (Lipinski definition) is 3. The summed E-state index contributed by atoms with van der Waals surface area (Å²) in [6, 6.07) is 11.9. The normalized spacial score (nSPS) is 11.1. The average molecular weight is 290 g/mol. The van der Waals surface area contributed by atoms with Crippen molar-refractivity contribution in [2.45, 2.75) is 10.9 Å². The van der Waals surface area contributed by atoms with Gasteiger partial charge in [0.1, 0.15) is 5.15 Å². The molecule has 0 atom stereocenters. The Morgan fingerprint density at radius 1 is 1.21 bits per heavy atom. The molecule has 0 spiro atoms. The molecule has 0 aliphatic carbocycles. The zero-order chi connectivity index (χ0) is 13.2. The van der Waals surface area contributed by atoms with Gasteiger partial charge in [0, 0.05) is 19.0 Å². The van der Waals surface area contributed by atoms with Crippen LogP contribution in [0, 0.1) is 0 Å². The van der Waals surface area contributed by atoms with E-state index in [-0.39, 0.29) is 0 Å². The second-order valence-corrected chi connectivity index (χ2v) is 5.55. The maximum Gasteiger partial charge on any atom is 0.169 e. The van der Waals surface area contributed by atoms with Gasteiger partial charge in [-0.3, -0.25) is 0 Å². The van der Waals surface area contributed by atoms with Crippen LogP contribution in [0.15, 0.2) is 47.8 Å². The van der Waals surface area contributed by atoms with Gasteiger partial charge in [0.25, 0.3) is 0 Å². The summed E-state index contributed by atoms with van der Waals surface area (Å²) in [5.41, 5.74) is 3.32. The minimum Gasteiger partial charge on any atom is -0.322 e. The van der Waals surface area contributed by atoms with Crippen molar-refractivity contribution in [1.29, 1.82) is 0 Å². The van der Waals surface area contributed by atoms with E-state index in [1.54, 1.807) is 18.0 Å². The summed E-state index contributed by atoms with van der Waals surface area (Å²) < 4.78 is 2.11. The third-order valence-corrected chi connectivity index (χ3v) is 4.23. The molecule has 0 saturated heterocycles. The van der Waals surface area contributed by atoms with Crippen molar-refractivity contribution in [1.82, 2.24) is 14.5 Å². The van der Waals surface area contributed by atoms with Gasteiger partial charge in [-0.05, 0) is 23.8 Å². The maximum atomic E-state index is 5.77. The van der Waals surface area contributed by atoms with Crippen LogP contribution < -0.4 is 0 Å². The Bertz CT molecular complexity index is 706. The van der Waals surface area contributed by atoms with E-state index in [4.69, 9.17) is 11.6 Å². The number of benzene rings is 1. The SMILES string of the molecule is Cn1c(SCc2ccc(Cl)nc2)nc2ccccc21. The molecule has 0 radical (unpaired) electrons. The van der Waals surface area contributed by atoms with Crippen molar-refractivity contribution in [2.75, 3.05) is 0 Å². The summed E-state index contributed by atoms with van der Waals surface area (Å²) in [5, 5.41) is 1.53. The lowest BCUT2D eigenvalue weighted by Crippen LogP contribution is -1.91. The minimum absolute atomic E-state index is 0.525. The van der Waals surface area contributed by atoms with Gasteiger partial charge in [-0.2, -0.15) is 0 Å². The number of aryl methyl sites for hydroxylation is 1. The average Bonchev–Trinajstić information content (AvgIpc) is 2.76. The second kappa shape index (κ2) is 5.23. The number of imidazole rings is 1. The van der Waals surface area contributed by atoms with Gasteiger partial charge in [-0.15, -0.1) is 0 Å². The molecule has 0 aliphatic rings. The molecule has 0 saturated carbocycles. The molecule has 2 aromatic heterocycles. The third kappa shape index (κ3) is 2.60. The van der Waals surface area contributed by atoms with Crippen molar-refractivity contribution >= 4 is 34.4 Å². The molecule has 0 bridgehead atoms. The lowest BCUT2D eigenvalue weighted by Gasteiger charge is -2.02. The van der Waals surface area contributed by atoms with Gasteiger partial charge in [0.05, 0.1) is 11.0 Å². The number of halogens is 1. The topological polar surface area (TPSA) is 30.7 Å². The van der Waals surface area contributed by atoms with Crippen LogP contribution in [0.25, 0.3) is 11.0 Å². The Balaban J connectivity index is 1.82. The number of nitrogens with zero attached hydrogens (tertiary/aromatic N) is 3. The molecule has 3 aromatic rings. The van der Waals surface area contributed by atoms with E-state index < -0.39 is 0 Å². The largest absolute Gasteiger partial charge is 0.322 e. The lowest BCUT2D eigenvalue weighted by atomic mass is 10.3. The standard InChI is InChI=1S/C14H12ClN3S/c1-18-12-5-3-2-4-11(12)17-14(18)19-9-10-6-7-13(15)16-8-10/h2-8H,9H2,1H3. The fourth-order valence-electron chi connectivity index (χ4n) is 1.89. The van der Waals surface area contributed by atoms with Crippen molar-refractivity contribution in [3.05, 3.63) is 53.3 Å². The third-order valence-electron chi connectivity index (χ3n) is 2.90. The smallest absolute Gasteiger partial charge is 0.169 e. The molecular formula is C14H12ClN3S. The lowest BCUT2D eigenvalue weighted by molar-refractivity contribution is 0.815. The predicted octanol–water partition coefficient (Wildman–Crippen LogP) is 3.91. The fraction of sp³-hybridized carbons (Fsp3) is 0.143. The molecule has 0 unspecified atom stereocenters. The quantitative estimate of drug-likeness (QED) is 0.541. The number of aromatic nitrogens is 3. The summed E-state index contributed by atoms with van der Waals surface area (Å²) >= 11 is 7.47. The molecule has 19 heavy (non-hydrogen) atoms. The van der Waals surface area contributed by atoms with E-state index >= 15 is 0 Å². The highest BCUT2D eigenvalue weighted by Crippen LogP contribution is 2.25. The molecule has 0 fully saturated rings. The number of fused-ring (bicyclic) bond motifs is 1. The van der Waals surface area contributed by atoms with Crippen molar-refractivity contribution in [3.63, 3.8) is 0 Å². The molecule has 2 heterocycles. The Morgan fingerprint density at radius 3 is 2.79 bits per heavy atom. The predicted molar refractivity (Wildman–Crippen MR) is 79.5 cm³/mol. The van der Waals surface area contributed by atoms with Crippen molar-refractivity contribution < 1.29 is 0 Å². The summed E-state index contributed by atoms with van der Waals surface area (Å²) in [4.78, 5) is 8.71. The van der Waals surface area contributed by atoms with Crippen molar-refractivity contribution in [3.8, 4) is 0 Å². The second-order valence-electron chi connectivity index (χ2n) is 4.22. The van der Waals surface area contributed by atoms with E-state index in [1.807, 2.05) is 37.4 Å². The van der Waals surface area contributed by atoms with Crippen LogP contribution in [0.1, 0.15) is 5.56 Å². The van der Waals surface area contributed by atoms with E-state index in [2.05, 4.69) is 20.6 Å². The van der Waals surface area contributed by atoms with Crippen LogP contribution in [-0.4, -0.2) is 14.5 Å². The highest BCUT2D eigenvalue weighted by atomic mass is 35.5. The van der Waals surface area contributed by atoms with Gasteiger partial charge in [-0.25, -0.2) is 9.97 Å². The maximum absolute atomic E-state index is 5.77. The molecule has 96 valence electrons. The Hall–Kier alpha value is -1.52. The molecule has 5 heteroatoms. The summed E-state index contributed by atoms with van der Waals surface area (Å²) in [7, 11) is 2.04. The van der Waals surface area contributed by atoms with Crippen LogP contribution in [0.4, 0.5) is 0 Å². The number of rotatable bonds is 3. The van der Waals surface area contributed by atoms with Gasteiger partial charge in [0.15, 0.2) is 5.16 Å². The molecule has 3 nitrogen and oxygen atoms in total. The first kappa shape index (κ1) is 12.5. The highest BCUT2D eigenvalue weighted by Gasteiger charge is 2.07. The molecule has 0 aliphatic heterocycles. The van der Waals surface area contributed by atoms with Gasteiger partial charge < -0.3 is 4.57 Å². The highest BCUT2D eigenvalue weighted by molar-refractivity contribution is 7.98. The van der Waals surface area contributed by atoms with E-state index in [0.717, 1.165) is 27.5 Å². The first-order valence-corrected chi connectivity index (χ1v) is 7.25. The van der Waals surface area contributed by atoms with E-state index in [9.17, 15) is 0 Å². The zero-order valence-corrected chi connectivity index (χ0v) is 11.9. The van der Waals surface area contributed by atoms with Crippen molar-refractivity contribution in [2.24, 2.45) is 7.05 Å². The monoisotopic (exact) mass is 289 g/mol. The first-order valence-electron chi connectivity index (χ1n) is 5.89. The Morgan fingerprint density at radius 2 is 2.05 bits per heavy atom. The van der Waals surface area contributed by atoms with Gasteiger partial charge in [0.2, 0.25) is 0 Å². The number of hydrogen-bond donors (Lipinski definition) is 0. The molecule has 3 rings (SSSR count). The van der Waals surface area contributed by atoms with Crippen LogP contribution in [0.5, 0.6) is 0 Å². The summed E-state index contributed by atoms with van der Waals surface area (Å²) in [6.45, 7) is 0. The summed E-state index contributed by atoms with van der Waals surface area (Å²) in [6.07, 6.45) is 1.80. The Labute approximate surface area is 120 Å². The molecular weight excluding hydrogens is 278 g/mol. The number of thioether (sulfide) groups is 1. The van der Waals surface area contributed by atoms with Crippen LogP contribution in [0.2, 0.25) is 5.15 Å². The number of para-hydroxylation sites is 2. The van der Waals surface area contributed by atoms with Crippen LogP contribution >= 0.6 is 23.4 Å². The summed E-state index contributed by atoms with van der Waals surface area (Å²) in [5.74, 6) is 0.835. The van der Waals surface area contributed by atoms with Crippen LogP contribution in [0.3, 0.4) is 0 Å². The first-order chi connectivity index (χ1) is 9.24. The minimum atomic E-state index is 0.525. The van der Waals surface area contributed by atoms with Gasteiger partial charge >= 0.3 is 0 Å². The van der Waals surface area contributed by atoms with Crippen LogP contribution in [-0.2, 0) is 12.8 Å². The number of pyridine rings is 1. The van der Waals surface area contributed by atoms with E-state index in [0.29, 0.717) is 5.15 Å².